The van der Waals surface area contributed by atoms with Crippen molar-refractivity contribution in [3.05, 3.63) is 28.2 Å². The molecule has 0 spiro atoms. The maximum absolute atomic E-state index is 5.19. The molecule has 64 valence electrons. The third kappa shape index (κ3) is 1.47. The van der Waals surface area contributed by atoms with Crippen molar-refractivity contribution >= 4 is 15.9 Å². The number of hydrogen-bond donors (Lipinski definition) is 0. The fourth-order valence-corrected chi connectivity index (χ4v) is 1.63. The minimum absolute atomic E-state index is 0.273. The van der Waals surface area contributed by atoms with E-state index in [4.69, 9.17) is 9.47 Å². The van der Waals surface area contributed by atoms with Crippen LogP contribution in [0.5, 0.6) is 5.75 Å². The summed E-state index contributed by atoms with van der Waals surface area (Å²) in [6, 6.07) is 5.91. The van der Waals surface area contributed by atoms with Crippen LogP contribution in [-0.2, 0) is 4.74 Å². The summed E-state index contributed by atoms with van der Waals surface area (Å²) in [6.07, 6.45) is 0.273. The van der Waals surface area contributed by atoms with Gasteiger partial charge in [-0.15, -0.1) is 0 Å². The first-order valence-electron chi connectivity index (χ1n) is 3.76. The lowest BCUT2D eigenvalue weighted by Gasteiger charge is -2.03. The van der Waals surface area contributed by atoms with Crippen molar-refractivity contribution in [2.75, 3.05) is 13.7 Å². The Morgan fingerprint density at radius 3 is 2.92 bits per heavy atom. The fraction of sp³-hybridized carbons (Fsp3) is 0.333. The van der Waals surface area contributed by atoms with Gasteiger partial charge in [-0.25, -0.2) is 0 Å². The average molecular weight is 229 g/mol. The van der Waals surface area contributed by atoms with Gasteiger partial charge in [0.15, 0.2) is 0 Å². The third-order valence-corrected chi connectivity index (χ3v) is 2.61. The van der Waals surface area contributed by atoms with Crippen LogP contribution >= 0.6 is 15.9 Å². The summed E-state index contributed by atoms with van der Waals surface area (Å²) in [5.74, 6) is 0.878. The summed E-state index contributed by atoms with van der Waals surface area (Å²) in [5, 5.41) is 0. The Kier molecular flexibility index (Phi) is 2.07. The van der Waals surface area contributed by atoms with Gasteiger partial charge in [-0.3, -0.25) is 0 Å². The van der Waals surface area contributed by atoms with Crippen molar-refractivity contribution < 1.29 is 9.47 Å². The van der Waals surface area contributed by atoms with E-state index < -0.39 is 0 Å². The van der Waals surface area contributed by atoms with Crippen LogP contribution in [0.25, 0.3) is 0 Å². The smallest absolute Gasteiger partial charge is 0.119 e. The van der Waals surface area contributed by atoms with Gasteiger partial charge in [0.25, 0.3) is 0 Å². The molecular formula is C9H9BrO2. The van der Waals surface area contributed by atoms with E-state index in [1.165, 1.54) is 5.56 Å². The molecule has 0 aromatic heterocycles. The van der Waals surface area contributed by atoms with Gasteiger partial charge in [0.1, 0.15) is 11.9 Å². The van der Waals surface area contributed by atoms with Crippen molar-refractivity contribution in [2.24, 2.45) is 0 Å². The van der Waals surface area contributed by atoms with Gasteiger partial charge < -0.3 is 9.47 Å². The van der Waals surface area contributed by atoms with Crippen LogP contribution in [0.3, 0.4) is 0 Å². The molecule has 12 heavy (non-hydrogen) atoms. The number of rotatable bonds is 2. The largest absolute Gasteiger partial charge is 0.497 e. The van der Waals surface area contributed by atoms with E-state index in [0.717, 1.165) is 16.8 Å². The number of methoxy groups -OCH3 is 1. The lowest BCUT2D eigenvalue weighted by Crippen LogP contribution is -1.87. The number of halogens is 1. The summed E-state index contributed by atoms with van der Waals surface area (Å²) in [7, 11) is 1.67. The highest BCUT2D eigenvalue weighted by atomic mass is 79.9. The summed E-state index contributed by atoms with van der Waals surface area (Å²) < 4.78 is 11.4. The molecule has 1 saturated heterocycles. The molecule has 1 atom stereocenters. The molecule has 1 aromatic carbocycles. The predicted octanol–water partition coefficient (Wildman–Crippen LogP) is 2.53. The Bertz CT molecular complexity index is 295. The van der Waals surface area contributed by atoms with E-state index in [-0.39, 0.29) is 6.10 Å². The van der Waals surface area contributed by atoms with Gasteiger partial charge in [-0.2, -0.15) is 0 Å². The summed E-state index contributed by atoms with van der Waals surface area (Å²) in [5.41, 5.74) is 1.18. The Morgan fingerprint density at radius 1 is 1.58 bits per heavy atom. The third-order valence-electron chi connectivity index (χ3n) is 1.88. The van der Waals surface area contributed by atoms with Crippen LogP contribution in [-0.4, -0.2) is 13.7 Å². The molecule has 1 aliphatic rings. The first-order chi connectivity index (χ1) is 5.81. The highest BCUT2D eigenvalue weighted by Crippen LogP contribution is 2.36. The van der Waals surface area contributed by atoms with Gasteiger partial charge in [0.2, 0.25) is 0 Å². The topological polar surface area (TPSA) is 21.8 Å². The molecule has 1 aliphatic heterocycles. The van der Waals surface area contributed by atoms with Gasteiger partial charge in [-0.05, 0) is 18.2 Å². The second kappa shape index (κ2) is 3.07. The van der Waals surface area contributed by atoms with Crippen LogP contribution in [0.1, 0.15) is 11.7 Å². The standard InChI is InChI=1S/C9H9BrO2/c1-11-6-2-3-8(10)7(4-6)9-5-12-9/h2-4,9H,5H2,1H3. The maximum atomic E-state index is 5.19. The number of hydrogen-bond acceptors (Lipinski definition) is 2. The van der Waals surface area contributed by atoms with Crippen LogP contribution in [0.2, 0.25) is 0 Å². The average Bonchev–Trinajstić information content (AvgIpc) is 2.88. The normalized spacial score (nSPS) is 20.7. The van der Waals surface area contributed by atoms with E-state index >= 15 is 0 Å². The molecule has 0 amide bonds. The summed E-state index contributed by atoms with van der Waals surface area (Å²) >= 11 is 3.46. The zero-order chi connectivity index (χ0) is 8.55. The molecule has 2 nitrogen and oxygen atoms in total. The van der Waals surface area contributed by atoms with Crippen LogP contribution < -0.4 is 4.74 Å². The lowest BCUT2D eigenvalue weighted by molar-refractivity contribution is 0.404. The predicted molar refractivity (Wildman–Crippen MR) is 49.4 cm³/mol. The first-order valence-corrected chi connectivity index (χ1v) is 4.55. The number of epoxide rings is 1. The molecule has 0 saturated carbocycles. The van der Waals surface area contributed by atoms with E-state index in [1.807, 2.05) is 18.2 Å². The fourth-order valence-electron chi connectivity index (χ4n) is 1.12. The minimum Gasteiger partial charge on any atom is -0.497 e. The second-order valence-corrected chi connectivity index (χ2v) is 3.56. The molecule has 1 heterocycles. The zero-order valence-corrected chi connectivity index (χ0v) is 8.30. The molecule has 0 bridgehead atoms. The van der Waals surface area contributed by atoms with Crippen molar-refractivity contribution in [2.45, 2.75) is 6.10 Å². The Morgan fingerprint density at radius 2 is 2.33 bits per heavy atom. The molecule has 3 heteroatoms. The Balaban J connectivity index is 2.36. The van der Waals surface area contributed by atoms with E-state index in [0.29, 0.717) is 0 Å². The Hall–Kier alpha value is -0.540. The van der Waals surface area contributed by atoms with Crippen LogP contribution in [0, 0.1) is 0 Å². The highest BCUT2D eigenvalue weighted by Gasteiger charge is 2.27. The summed E-state index contributed by atoms with van der Waals surface area (Å²) in [6.45, 7) is 0.825. The Labute approximate surface area is 79.6 Å². The molecular weight excluding hydrogens is 220 g/mol. The van der Waals surface area contributed by atoms with Crippen molar-refractivity contribution in [3.63, 3.8) is 0 Å². The molecule has 0 aliphatic carbocycles. The SMILES string of the molecule is COc1ccc(Br)c(C2CO2)c1. The number of ether oxygens (including phenoxy) is 2. The van der Waals surface area contributed by atoms with Crippen molar-refractivity contribution in [1.82, 2.24) is 0 Å². The molecule has 2 rings (SSSR count). The molecule has 0 N–H and O–H groups in total. The first kappa shape index (κ1) is 8.08. The summed E-state index contributed by atoms with van der Waals surface area (Å²) in [4.78, 5) is 0. The maximum Gasteiger partial charge on any atom is 0.119 e. The van der Waals surface area contributed by atoms with Crippen LogP contribution in [0.15, 0.2) is 22.7 Å². The highest BCUT2D eigenvalue weighted by molar-refractivity contribution is 9.10. The second-order valence-electron chi connectivity index (χ2n) is 2.71. The van der Waals surface area contributed by atoms with E-state index in [2.05, 4.69) is 15.9 Å². The van der Waals surface area contributed by atoms with Gasteiger partial charge in [-0.1, -0.05) is 15.9 Å². The van der Waals surface area contributed by atoms with Gasteiger partial charge in [0, 0.05) is 10.0 Å². The van der Waals surface area contributed by atoms with Gasteiger partial charge in [0.05, 0.1) is 13.7 Å². The zero-order valence-electron chi connectivity index (χ0n) is 6.71. The molecule has 1 unspecified atom stereocenters. The monoisotopic (exact) mass is 228 g/mol. The molecule has 1 fully saturated rings. The quantitative estimate of drug-likeness (QED) is 0.727. The van der Waals surface area contributed by atoms with E-state index in [9.17, 15) is 0 Å². The van der Waals surface area contributed by atoms with Gasteiger partial charge >= 0.3 is 0 Å². The van der Waals surface area contributed by atoms with Crippen molar-refractivity contribution in [1.29, 1.82) is 0 Å². The van der Waals surface area contributed by atoms with Crippen molar-refractivity contribution in [3.8, 4) is 5.75 Å². The number of benzene rings is 1. The van der Waals surface area contributed by atoms with E-state index in [1.54, 1.807) is 7.11 Å². The van der Waals surface area contributed by atoms with Crippen LogP contribution in [0.4, 0.5) is 0 Å². The lowest BCUT2D eigenvalue weighted by atomic mass is 10.1. The minimum atomic E-state index is 0.273. The molecule has 0 radical (unpaired) electrons. The molecule has 1 aromatic rings.